The minimum atomic E-state index is -0.0252. The van der Waals surface area contributed by atoms with E-state index in [4.69, 9.17) is 11.0 Å². The van der Waals surface area contributed by atoms with E-state index in [1.807, 2.05) is 18.2 Å². The van der Waals surface area contributed by atoms with Crippen LogP contribution in [0.15, 0.2) is 24.3 Å². The zero-order valence-corrected chi connectivity index (χ0v) is 8.66. The van der Waals surface area contributed by atoms with Crippen molar-refractivity contribution >= 4 is 5.69 Å². The van der Waals surface area contributed by atoms with E-state index in [-0.39, 0.29) is 5.54 Å². The Kier molecular flexibility index (Phi) is 2.61. The van der Waals surface area contributed by atoms with Crippen molar-refractivity contribution in [2.24, 2.45) is 5.73 Å². The van der Waals surface area contributed by atoms with Crippen LogP contribution >= 0.6 is 0 Å². The second-order valence-electron chi connectivity index (χ2n) is 4.26. The molecule has 0 heterocycles. The standard InChI is InChI=1S/C12H15N3/c13-8-10-3-1-4-11(7-10)15-9-12(14)5-2-6-12/h1,3-4,7,15H,2,5-6,9,14H2. The molecule has 3 N–H and O–H groups in total. The van der Waals surface area contributed by atoms with Crippen molar-refractivity contribution < 1.29 is 0 Å². The Morgan fingerprint density at radius 1 is 1.47 bits per heavy atom. The van der Waals surface area contributed by atoms with Crippen LogP contribution in [-0.4, -0.2) is 12.1 Å². The van der Waals surface area contributed by atoms with E-state index >= 15 is 0 Å². The van der Waals surface area contributed by atoms with Gasteiger partial charge in [-0.1, -0.05) is 6.07 Å². The van der Waals surface area contributed by atoms with E-state index in [1.54, 1.807) is 6.07 Å². The molecule has 0 spiro atoms. The summed E-state index contributed by atoms with van der Waals surface area (Å²) in [7, 11) is 0. The summed E-state index contributed by atoms with van der Waals surface area (Å²) in [5, 5.41) is 12.0. The van der Waals surface area contributed by atoms with Crippen molar-refractivity contribution in [1.29, 1.82) is 5.26 Å². The van der Waals surface area contributed by atoms with Crippen LogP contribution in [0.3, 0.4) is 0 Å². The third kappa shape index (κ3) is 2.28. The molecule has 0 aromatic heterocycles. The van der Waals surface area contributed by atoms with Crippen molar-refractivity contribution in [3.63, 3.8) is 0 Å². The molecule has 0 bridgehead atoms. The summed E-state index contributed by atoms with van der Waals surface area (Å²) >= 11 is 0. The highest BCUT2D eigenvalue weighted by Gasteiger charge is 2.31. The van der Waals surface area contributed by atoms with Crippen molar-refractivity contribution in [2.45, 2.75) is 24.8 Å². The van der Waals surface area contributed by atoms with Crippen LogP contribution in [-0.2, 0) is 0 Å². The maximum absolute atomic E-state index is 8.75. The zero-order valence-electron chi connectivity index (χ0n) is 8.66. The summed E-state index contributed by atoms with van der Waals surface area (Å²) in [5.41, 5.74) is 7.73. The Morgan fingerprint density at radius 3 is 2.87 bits per heavy atom. The molecular weight excluding hydrogens is 186 g/mol. The average molecular weight is 201 g/mol. The van der Waals surface area contributed by atoms with Gasteiger partial charge in [-0.25, -0.2) is 0 Å². The Morgan fingerprint density at radius 2 is 2.27 bits per heavy atom. The minimum absolute atomic E-state index is 0.0252. The van der Waals surface area contributed by atoms with Gasteiger partial charge in [0.05, 0.1) is 11.6 Å². The monoisotopic (exact) mass is 201 g/mol. The lowest BCUT2D eigenvalue weighted by atomic mass is 9.78. The summed E-state index contributed by atoms with van der Waals surface area (Å²) < 4.78 is 0. The minimum Gasteiger partial charge on any atom is -0.383 e. The van der Waals surface area contributed by atoms with Crippen LogP contribution < -0.4 is 11.1 Å². The Hall–Kier alpha value is -1.53. The van der Waals surface area contributed by atoms with E-state index in [1.165, 1.54) is 6.42 Å². The highest BCUT2D eigenvalue weighted by atomic mass is 14.9. The fourth-order valence-corrected chi connectivity index (χ4v) is 1.78. The molecule has 3 heteroatoms. The van der Waals surface area contributed by atoms with Gasteiger partial charge in [0.25, 0.3) is 0 Å². The SMILES string of the molecule is N#Cc1cccc(NCC2(N)CCC2)c1. The van der Waals surface area contributed by atoms with Crippen LogP contribution in [0.5, 0.6) is 0 Å². The number of hydrogen-bond donors (Lipinski definition) is 2. The first-order valence-electron chi connectivity index (χ1n) is 5.25. The van der Waals surface area contributed by atoms with Gasteiger partial charge < -0.3 is 11.1 Å². The first kappa shape index (κ1) is 10.0. The maximum Gasteiger partial charge on any atom is 0.0992 e. The molecule has 3 nitrogen and oxygen atoms in total. The van der Waals surface area contributed by atoms with E-state index < -0.39 is 0 Å². The fourth-order valence-electron chi connectivity index (χ4n) is 1.78. The molecular formula is C12H15N3. The van der Waals surface area contributed by atoms with Gasteiger partial charge in [0.2, 0.25) is 0 Å². The van der Waals surface area contributed by atoms with Crippen molar-refractivity contribution in [3.05, 3.63) is 29.8 Å². The van der Waals surface area contributed by atoms with Gasteiger partial charge in [0, 0.05) is 17.8 Å². The summed E-state index contributed by atoms with van der Waals surface area (Å²) in [6.07, 6.45) is 3.42. The van der Waals surface area contributed by atoms with Gasteiger partial charge in [-0.05, 0) is 37.5 Å². The first-order valence-corrected chi connectivity index (χ1v) is 5.25. The normalized spacial score (nSPS) is 17.6. The molecule has 1 aromatic rings. The molecule has 0 radical (unpaired) electrons. The van der Waals surface area contributed by atoms with E-state index in [0.29, 0.717) is 5.56 Å². The summed E-state index contributed by atoms with van der Waals surface area (Å²) in [6.45, 7) is 0.794. The Bertz CT molecular complexity index is 388. The van der Waals surface area contributed by atoms with Crippen LogP contribution in [0.1, 0.15) is 24.8 Å². The van der Waals surface area contributed by atoms with E-state index in [9.17, 15) is 0 Å². The van der Waals surface area contributed by atoms with Crippen LogP contribution in [0.25, 0.3) is 0 Å². The molecule has 1 aromatic carbocycles. The van der Waals surface area contributed by atoms with Gasteiger partial charge in [-0.3, -0.25) is 0 Å². The predicted molar refractivity (Wildman–Crippen MR) is 60.4 cm³/mol. The number of rotatable bonds is 3. The zero-order chi connectivity index (χ0) is 10.7. The van der Waals surface area contributed by atoms with Gasteiger partial charge in [0.15, 0.2) is 0 Å². The summed E-state index contributed by atoms with van der Waals surface area (Å²) in [5.74, 6) is 0. The number of hydrogen-bond acceptors (Lipinski definition) is 3. The average Bonchev–Trinajstić information content (AvgIpc) is 2.24. The number of nitrogens with one attached hydrogen (secondary N) is 1. The van der Waals surface area contributed by atoms with Gasteiger partial charge >= 0.3 is 0 Å². The third-order valence-electron chi connectivity index (χ3n) is 2.99. The van der Waals surface area contributed by atoms with Gasteiger partial charge in [-0.15, -0.1) is 0 Å². The molecule has 1 saturated carbocycles. The highest BCUT2D eigenvalue weighted by molar-refractivity contribution is 5.49. The second kappa shape index (κ2) is 3.92. The Labute approximate surface area is 89.9 Å². The summed E-state index contributed by atoms with van der Waals surface area (Å²) in [4.78, 5) is 0. The lowest BCUT2D eigenvalue weighted by molar-refractivity contribution is 0.265. The van der Waals surface area contributed by atoms with Crippen LogP contribution in [0, 0.1) is 11.3 Å². The maximum atomic E-state index is 8.75. The predicted octanol–water partition coefficient (Wildman–Crippen LogP) is 1.85. The van der Waals surface area contributed by atoms with Crippen LogP contribution in [0.2, 0.25) is 0 Å². The van der Waals surface area contributed by atoms with Gasteiger partial charge in [0.1, 0.15) is 0 Å². The molecule has 0 atom stereocenters. The second-order valence-corrected chi connectivity index (χ2v) is 4.26. The van der Waals surface area contributed by atoms with Crippen molar-refractivity contribution in [1.82, 2.24) is 0 Å². The Balaban J connectivity index is 1.96. The number of nitriles is 1. The molecule has 2 rings (SSSR count). The number of anilines is 1. The lowest BCUT2D eigenvalue weighted by Gasteiger charge is -2.38. The van der Waals surface area contributed by atoms with Crippen LogP contribution in [0.4, 0.5) is 5.69 Å². The van der Waals surface area contributed by atoms with Gasteiger partial charge in [-0.2, -0.15) is 5.26 Å². The molecule has 0 amide bonds. The highest BCUT2D eigenvalue weighted by Crippen LogP contribution is 2.29. The molecule has 1 aliphatic carbocycles. The van der Waals surface area contributed by atoms with Crippen molar-refractivity contribution in [2.75, 3.05) is 11.9 Å². The third-order valence-corrected chi connectivity index (χ3v) is 2.99. The smallest absolute Gasteiger partial charge is 0.0992 e. The number of nitrogens with two attached hydrogens (primary N) is 1. The molecule has 78 valence electrons. The molecule has 0 aliphatic heterocycles. The molecule has 1 fully saturated rings. The fraction of sp³-hybridized carbons (Fsp3) is 0.417. The van der Waals surface area contributed by atoms with E-state index in [0.717, 1.165) is 25.1 Å². The number of benzene rings is 1. The lowest BCUT2D eigenvalue weighted by Crippen LogP contribution is -2.51. The van der Waals surface area contributed by atoms with Crippen molar-refractivity contribution in [3.8, 4) is 6.07 Å². The first-order chi connectivity index (χ1) is 7.22. The topological polar surface area (TPSA) is 61.8 Å². The molecule has 0 unspecified atom stereocenters. The molecule has 15 heavy (non-hydrogen) atoms. The largest absolute Gasteiger partial charge is 0.383 e. The molecule has 0 saturated heterocycles. The number of nitrogens with zero attached hydrogens (tertiary/aromatic N) is 1. The molecule has 1 aliphatic rings. The quantitative estimate of drug-likeness (QED) is 0.784. The summed E-state index contributed by atoms with van der Waals surface area (Å²) in [6, 6.07) is 9.61. The van der Waals surface area contributed by atoms with E-state index in [2.05, 4.69) is 11.4 Å².